The molecule has 0 amide bonds. The Balaban J connectivity index is 1.59. The first kappa shape index (κ1) is 19.9. The van der Waals surface area contributed by atoms with Crippen LogP contribution >= 0.6 is 27.5 Å². The zero-order valence-corrected chi connectivity index (χ0v) is 16.9. The number of hydrogen-bond acceptors (Lipinski definition) is 5. The molecule has 0 atom stereocenters. The maximum atomic E-state index is 10.6. The van der Waals surface area contributed by atoms with Crippen LogP contribution in [0.25, 0.3) is 0 Å². The fourth-order valence-corrected chi connectivity index (χ4v) is 3.03. The second kappa shape index (κ2) is 9.34. The molecule has 3 aromatic carbocycles. The average molecular weight is 461 g/mol. The average Bonchev–Trinajstić information content (AvgIpc) is 2.69. The fraction of sp³-hybridized carbons (Fsp3) is 0.0500. The van der Waals surface area contributed by atoms with Gasteiger partial charge in [-0.05, 0) is 57.9 Å². The molecule has 0 heterocycles. The van der Waals surface area contributed by atoms with E-state index in [9.17, 15) is 10.1 Å². The van der Waals surface area contributed by atoms with Crippen LogP contribution in [0.5, 0.6) is 5.75 Å². The van der Waals surface area contributed by atoms with Gasteiger partial charge in [0.05, 0.1) is 21.3 Å². The van der Waals surface area contributed by atoms with Crippen LogP contribution in [0.4, 0.5) is 11.4 Å². The minimum atomic E-state index is -0.444. The van der Waals surface area contributed by atoms with Crippen LogP contribution < -0.4 is 10.2 Å². The van der Waals surface area contributed by atoms with E-state index in [0.29, 0.717) is 23.1 Å². The molecule has 1 N–H and O–H groups in total. The summed E-state index contributed by atoms with van der Waals surface area (Å²) in [7, 11) is 0. The lowest BCUT2D eigenvalue weighted by Crippen LogP contribution is -1.97. The monoisotopic (exact) mass is 459 g/mol. The lowest BCUT2D eigenvalue weighted by molar-refractivity contribution is -0.384. The summed E-state index contributed by atoms with van der Waals surface area (Å²) in [6, 6.07) is 19.1. The van der Waals surface area contributed by atoms with Crippen LogP contribution in [-0.2, 0) is 6.61 Å². The van der Waals surface area contributed by atoms with Gasteiger partial charge in [0.1, 0.15) is 12.4 Å². The van der Waals surface area contributed by atoms with Gasteiger partial charge in [-0.25, -0.2) is 0 Å². The summed E-state index contributed by atoms with van der Waals surface area (Å²) in [6.07, 6.45) is 1.64. The van der Waals surface area contributed by atoms with Gasteiger partial charge in [-0.1, -0.05) is 29.8 Å². The molecule has 0 aliphatic rings. The van der Waals surface area contributed by atoms with E-state index in [0.717, 1.165) is 15.6 Å². The van der Waals surface area contributed by atoms with Crippen molar-refractivity contribution in [3.05, 3.63) is 97.5 Å². The van der Waals surface area contributed by atoms with Crippen LogP contribution in [-0.4, -0.2) is 11.1 Å². The summed E-state index contributed by atoms with van der Waals surface area (Å²) >= 11 is 9.63. The summed E-state index contributed by atoms with van der Waals surface area (Å²) in [5, 5.41) is 15.5. The van der Waals surface area contributed by atoms with Crippen molar-refractivity contribution in [1.29, 1.82) is 0 Å². The summed E-state index contributed by atoms with van der Waals surface area (Å²) in [6.45, 7) is 0.368. The van der Waals surface area contributed by atoms with E-state index < -0.39 is 4.92 Å². The molecule has 6 nitrogen and oxygen atoms in total. The third-order valence-corrected chi connectivity index (χ3v) is 4.77. The molecule has 142 valence electrons. The van der Waals surface area contributed by atoms with Gasteiger partial charge in [0, 0.05) is 22.7 Å². The molecular formula is C20H15BrClN3O3. The minimum absolute atomic E-state index is 0.0332. The molecule has 0 unspecified atom stereocenters. The van der Waals surface area contributed by atoms with E-state index >= 15 is 0 Å². The fourth-order valence-electron chi connectivity index (χ4n) is 2.32. The van der Waals surface area contributed by atoms with Crippen molar-refractivity contribution in [2.45, 2.75) is 6.61 Å². The zero-order valence-electron chi connectivity index (χ0n) is 14.5. The Hall–Kier alpha value is -2.90. The van der Waals surface area contributed by atoms with Gasteiger partial charge in [0.15, 0.2) is 0 Å². The Morgan fingerprint density at radius 2 is 1.89 bits per heavy atom. The van der Waals surface area contributed by atoms with Gasteiger partial charge in [-0.3, -0.25) is 15.5 Å². The molecule has 0 bridgehead atoms. The SMILES string of the molecule is O=[N+]([O-])c1ccc(N/N=C/c2ccc(OCc3ccccc3Cl)c(Br)c2)cc1. The molecule has 0 spiro atoms. The number of hydrazone groups is 1. The van der Waals surface area contributed by atoms with Crippen LogP contribution in [0.1, 0.15) is 11.1 Å². The molecular weight excluding hydrogens is 446 g/mol. The van der Waals surface area contributed by atoms with Crippen molar-refractivity contribution < 1.29 is 9.66 Å². The lowest BCUT2D eigenvalue weighted by Gasteiger charge is -2.10. The number of nitrogens with zero attached hydrogens (tertiary/aromatic N) is 2. The molecule has 0 saturated carbocycles. The maximum Gasteiger partial charge on any atom is 0.269 e. The van der Waals surface area contributed by atoms with Crippen LogP contribution in [0.15, 0.2) is 76.3 Å². The van der Waals surface area contributed by atoms with E-state index in [1.165, 1.54) is 12.1 Å². The molecule has 8 heteroatoms. The molecule has 0 saturated heterocycles. The maximum absolute atomic E-state index is 10.6. The predicted molar refractivity (Wildman–Crippen MR) is 114 cm³/mol. The number of non-ortho nitro benzene ring substituents is 1. The Labute approximate surface area is 175 Å². The highest BCUT2D eigenvalue weighted by Crippen LogP contribution is 2.27. The molecule has 0 aromatic heterocycles. The molecule has 0 fully saturated rings. The van der Waals surface area contributed by atoms with Crippen molar-refractivity contribution in [1.82, 2.24) is 0 Å². The van der Waals surface area contributed by atoms with E-state index in [1.807, 2.05) is 42.5 Å². The summed E-state index contributed by atoms with van der Waals surface area (Å²) in [4.78, 5) is 10.2. The predicted octanol–water partition coefficient (Wildman–Crippen LogP) is 6.04. The van der Waals surface area contributed by atoms with Crippen molar-refractivity contribution in [3.8, 4) is 5.75 Å². The van der Waals surface area contributed by atoms with Gasteiger partial charge < -0.3 is 4.74 Å². The third-order valence-electron chi connectivity index (χ3n) is 3.78. The largest absolute Gasteiger partial charge is 0.488 e. The molecule has 28 heavy (non-hydrogen) atoms. The van der Waals surface area contributed by atoms with Crippen molar-refractivity contribution in [3.63, 3.8) is 0 Å². The van der Waals surface area contributed by atoms with E-state index in [-0.39, 0.29) is 5.69 Å². The molecule has 0 radical (unpaired) electrons. The summed E-state index contributed by atoms with van der Waals surface area (Å²) in [5.74, 6) is 0.695. The number of hydrogen-bond donors (Lipinski definition) is 1. The molecule has 0 aliphatic heterocycles. The van der Waals surface area contributed by atoms with E-state index in [2.05, 4.69) is 26.5 Å². The van der Waals surface area contributed by atoms with Gasteiger partial charge in [-0.2, -0.15) is 5.10 Å². The highest BCUT2D eigenvalue weighted by atomic mass is 79.9. The first-order valence-corrected chi connectivity index (χ1v) is 9.39. The second-order valence-corrected chi connectivity index (χ2v) is 7.01. The number of ether oxygens (including phenoxy) is 1. The van der Waals surface area contributed by atoms with E-state index in [4.69, 9.17) is 16.3 Å². The summed E-state index contributed by atoms with van der Waals surface area (Å²) in [5.41, 5.74) is 5.28. The quantitative estimate of drug-likeness (QED) is 0.265. The first-order valence-electron chi connectivity index (χ1n) is 8.22. The van der Waals surface area contributed by atoms with Crippen molar-refractivity contribution in [2.24, 2.45) is 5.10 Å². The van der Waals surface area contributed by atoms with Gasteiger partial charge in [0.2, 0.25) is 0 Å². The number of nitrogens with one attached hydrogen (secondary N) is 1. The van der Waals surface area contributed by atoms with Crippen LogP contribution in [0, 0.1) is 10.1 Å². The molecule has 3 aromatic rings. The number of anilines is 1. The highest BCUT2D eigenvalue weighted by molar-refractivity contribution is 9.10. The number of nitro groups is 1. The first-order chi connectivity index (χ1) is 13.5. The number of halogens is 2. The minimum Gasteiger partial charge on any atom is -0.488 e. The Bertz CT molecular complexity index is 1010. The molecule has 3 rings (SSSR count). The highest BCUT2D eigenvalue weighted by Gasteiger charge is 2.05. The standard InChI is InChI=1S/C20H15BrClN3O3/c21-18-11-14(12-23-24-16-6-8-17(9-7-16)25(26)27)5-10-20(18)28-13-15-3-1-2-4-19(15)22/h1-12,24H,13H2/b23-12+. The van der Waals surface area contributed by atoms with Gasteiger partial charge >= 0.3 is 0 Å². The number of nitro benzene ring substituents is 1. The number of benzene rings is 3. The number of rotatable bonds is 7. The summed E-state index contributed by atoms with van der Waals surface area (Å²) < 4.78 is 6.61. The Morgan fingerprint density at radius 3 is 2.57 bits per heavy atom. The van der Waals surface area contributed by atoms with Crippen molar-refractivity contribution in [2.75, 3.05) is 5.43 Å². The smallest absolute Gasteiger partial charge is 0.269 e. The van der Waals surface area contributed by atoms with E-state index in [1.54, 1.807) is 18.3 Å². The Kier molecular flexibility index (Phi) is 6.62. The van der Waals surface area contributed by atoms with Crippen LogP contribution in [0.3, 0.4) is 0 Å². The normalized spacial score (nSPS) is 10.8. The second-order valence-electron chi connectivity index (χ2n) is 5.74. The molecule has 0 aliphatic carbocycles. The lowest BCUT2D eigenvalue weighted by atomic mass is 10.2. The topological polar surface area (TPSA) is 76.8 Å². The van der Waals surface area contributed by atoms with Crippen molar-refractivity contribution >= 4 is 45.1 Å². The van der Waals surface area contributed by atoms with Gasteiger partial charge in [0.25, 0.3) is 5.69 Å². The third kappa shape index (κ3) is 5.31. The van der Waals surface area contributed by atoms with Gasteiger partial charge in [-0.15, -0.1) is 0 Å². The zero-order chi connectivity index (χ0) is 19.9. The van der Waals surface area contributed by atoms with Crippen LogP contribution in [0.2, 0.25) is 5.02 Å². The Morgan fingerprint density at radius 1 is 1.14 bits per heavy atom.